The van der Waals surface area contributed by atoms with Gasteiger partial charge in [-0.25, -0.2) is 0 Å². The Bertz CT molecular complexity index is 532. The maximum absolute atomic E-state index is 9.16. The van der Waals surface area contributed by atoms with E-state index in [0.717, 1.165) is 23.1 Å². The second-order valence-corrected chi connectivity index (χ2v) is 6.77. The Labute approximate surface area is 128 Å². The first-order valence-electron chi connectivity index (χ1n) is 7.32. The van der Waals surface area contributed by atoms with Gasteiger partial charge in [0.05, 0.1) is 23.0 Å². The van der Waals surface area contributed by atoms with Crippen LogP contribution in [0.5, 0.6) is 0 Å². The van der Waals surface area contributed by atoms with Crippen molar-refractivity contribution in [3.05, 3.63) is 28.2 Å². The minimum atomic E-state index is 0.185. The number of hydrogen-bond acceptors (Lipinski definition) is 3. The summed E-state index contributed by atoms with van der Waals surface area (Å²) in [5, 5.41) is 12.5. The highest BCUT2D eigenvalue weighted by Crippen LogP contribution is 2.43. The van der Waals surface area contributed by atoms with Gasteiger partial charge in [-0.1, -0.05) is 28.8 Å². The van der Waals surface area contributed by atoms with Gasteiger partial charge in [-0.2, -0.15) is 5.26 Å². The van der Waals surface area contributed by atoms with Crippen LogP contribution < -0.4 is 5.32 Å². The number of nitrogens with one attached hydrogen (secondary N) is 1. The Hall–Kier alpha value is -1.05. The quantitative estimate of drug-likeness (QED) is 0.899. The van der Waals surface area contributed by atoms with E-state index in [1.165, 1.54) is 32.1 Å². The van der Waals surface area contributed by atoms with Gasteiger partial charge in [0.25, 0.3) is 0 Å². The molecule has 1 spiro atoms. The molecule has 1 aromatic rings. The normalized spacial score (nSPS) is 23.9. The molecule has 20 heavy (non-hydrogen) atoms. The Morgan fingerprint density at radius 1 is 1.35 bits per heavy atom. The third kappa shape index (κ3) is 2.84. The average molecular weight is 335 g/mol. The fourth-order valence-corrected chi connectivity index (χ4v) is 3.77. The zero-order chi connectivity index (χ0) is 14.0. The first kappa shape index (κ1) is 13.9. The predicted octanol–water partition coefficient (Wildman–Crippen LogP) is 4.22. The Morgan fingerprint density at radius 3 is 2.90 bits per heavy atom. The lowest BCUT2D eigenvalue weighted by molar-refractivity contribution is -0.0307. The molecule has 1 aliphatic carbocycles. The molecule has 1 saturated heterocycles. The fraction of sp³-hybridized carbons (Fsp3) is 0.562. The van der Waals surface area contributed by atoms with Gasteiger partial charge < -0.3 is 10.1 Å². The van der Waals surface area contributed by atoms with Crippen molar-refractivity contribution in [2.75, 3.05) is 11.9 Å². The van der Waals surface area contributed by atoms with Gasteiger partial charge in [0.2, 0.25) is 0 Å². The molecule has 1 aliphatic heterocycles. The highest BCUT2D eigenvalue weighted by Gasteiger charge is 2.41. The van der Waals surface area contributed by atoms with Gasteiger partial charge in [0.15, 0.2) is 0 Å². The first-order valence-corrected chi connectivity index (χ1v) is 8.11. The van der Waals surface area contributed by atoms with Crippen molar-refractivity contribution in [1.29, 1.82) is 5.26 Å². The molecule has 0 aromatic heterocycles. The van der Waals surface area contributed by atoms with Crippen molar-refractivity contribution in [3.63, 3.8) is 0 Å². The minimum Gasteiger partial charge on any atom is -0.381 e. The molecule has 1 unspecified atom stereocenters. The lowest BCUT2D eigenvalue weighted by Crippen LogP contribution is -2.28. The zero-order valence-electron chi connectivity index (χ0n) is 11.5. The first-order chi connectivity index (χ1) is 9.71. The summed E-state index contributed by atoms with van der Waals surface area (Å²) in [7, 11) is 0. The number of benzene rings is 1. The fourth-order valence-electron chi connectivity index (χ4n) is 3.41. The van der Waals surface area contributed by atoms with Crippen LogP contribution in [0.25, 0.3) is 0 Å². The smallest absolute Gasteiger partial charge is 0.101 e. The summed E-state index contributed by atoms with van der Waals surface area (Å²) in [5.74, 6) is 0. The summed E-state index contributed by atoms with van der Waals surface area (Å²) in [6.45, 7) is 0.790. The second kappa shape index (κ2) is 5.75. The molecule has 1 atom stereocenters. The van der Waals surface area contributed by atoms with Crippen molar-refractivity contribution in [2.45, 2.75) is 50.2 Å². The molecule has 0 radical (unpaired) electrons. The molecule has 1 heterocycles. The predicted molar refractivity (Wildman–Crippen MR) is 82.7 cm³/mol. The van der Waals surface area contributed by atoms with Crippen LogP contribution in [0.15, 0.2) is 22.7 Å². The van der Waals surface area contributed by atoms with Gasteiger partial charge in [-0.15, -0.1) is 0 Å². The largest absolute Gasteiger partial charge is 0.381 e. The maximum atomic E-state index is 9.16. The summed E-state index contributed by atoms with van der Waals surface area (Å²) < 4.78 is 7.21. The molecule has 2 aliphatic rings. The van der Waals surface area contributed by atoms with Gasteiger partial charge >= 0.3 is 0 Å². The Balaban J connectivity index is 1.59. The Morgan fingerprint density at radius 2 is 2.15 bits per heavy atom. The minimum absolute atomic E-state index is 0.185. The highest BCUT2D eigenvalue weighted by molar-refractivity contribution is 9.10. The highest BCUT2D eigenvalue weighted by atomic mass is 79.9. The van der Waals surface area contributed by atoms with E-state index in [9.17, 15) is 0 Å². The van der Waals surface area contributed by atoms with Crippen LogP contribution >= 0.6 is 15.9 Å². The van der Waals surface area contributed by atoms with E-state index in [-0.39, 0.29) is 11.7 Å². The lowest BCUT2D eigenvalue weighted by atomic mass is 9.98. The number of nitrogens with zero attached hydrogens (tertiary/aromatic N) is 1. The summed E-state index contributed by atoms with van der Waals surface area (Å²) in [5.41, 5.74) is 1.75. The van der Waals surface area contributed by atoms with Crippen LogP contribution in [-0.4, -0.2) is 18.2 Å². The summed E-state index contributed by atoms with van der Waals surface area (Å²) in [4.78, 5) is 0. The van der Waals surface area contributed by atoms with E-state index in [4.69, 9.17) is 10.00 Å². The molecule has 0 amide bonds. The Kier molecular flexibility index (Phi) is 4.00. The number of nitriles is 1. The molecule has 1 aromatic carbocycles. The van der Waals surface area contributed by atoms with Crippen LogP contribution in [0.4, 0.5) is 5.69 Å². The van der Waals surface area contributed by atoms with Gasteiger partial charge in [-0.05, 0) is 43.9 Å². The van der Waals surface area contributed by atoms with Crippen LogP contribution in [0.2, 0.25) is 0 Å². The topological polar surface area (TPSA) is 45.0 Å². The van der Waals surface area contributed by atoms with Crippen LogP contribution in [-0.2, 0) is 4.74 Å². The summed E-state index contributed by atoms with van der Waals surface area (Å²) in [6, 6.07) is 7.97. The molecule has 1 saturated carbocycles. The monoisotopic (exact) mass is 334 g/mol. The van der Waals surface area contributed by atoms with Crippen LogP contribution in [0, 0.1) is 11.3 Å². The van der Waals surface area contributed by atoms with Crippen molar-refractivity contribution < 1.29 is 4.74 Å². The van der Waals surface area contributed by atoms with E-state index in [1.807, 2.05) is 18.2 Å². The van der Waals surface area contributed by atoms with Gasteiger partial charge in [0, 0.05) is 11.0 Å². The lowest BCUT2D eigenvalue weighted by Gasteiger charge is -2.24. The second-order valence-electron chi connectivity index (χ2n) is 5.85. The van der Waals surface area contributed by atoms with E-state index in [2.05, 4.69) is 27.3 Å². The van der Waals surface area contributed by atoms with Crippen molar-refractivity contribution in [3.8, 4) is 6.07 Å². The number of halogens is 1. The van der Waals surface area contributed by atoms with Crippen LogP contribution in [0.3, 0.4) is 0 Å². The third-order valence-corrected chi connectivity index (χ3v) is 4.97. The molecule has 2 fully saturated rings. The molecule has 3 nitrogen and oxygen atoms in total. The number of hydrogen-bond donors (Lipinski definition) is 1. The van der Waals surface area contributed by atoms with Crippen molar-refractivity contribution in [1.82, 2.24) is 0 Å². The third-order valence-electron chi connectivity index (χ3n) is 4.48. The van der Waals surface area contributed by atoms with E-state index in [0.29, 0.717) is 5.56 Å². The van der Waals surface area contributed by atoms with E-state index in [1.54, 1.807) is 0 Å². The number of rotatable bonds is 3. The maximum Gasteiger partial charge on any atom is 0.101 e. The molecule has 3 rings (SSSR count). The summed E-state index contributed by atoms with van der Waals surface area (Å²) in [6.07, 6.45) is 7.69. The van der Waals surface area contributed by atoms with Crippen LogP contribution in [0.1, 0.15) is 44.1 Å². The molecular weight excluding hydrogens is 316 g/mol. The standard InChI is InChI=1S/C16H19BrN2O/c17-13-3-4-15(12(9-13)10-18)19-11-14-5-8-16(20-14)6-1-2-7-16/h3-4,9,14,19H,1-2,5-8,11H2. The van der Waals surface area contributed by atoms with Gasteiger partial charge in [-0.3, -0.25) is 0 Å². The SMILES string of the molecule is N#Cc1cc(Br)ccc1NCC1CCC2(CCCC2)O1. The summed E-state index contributed by atoms with van der Waals surface area (Å²) >= 11 is 3.39. The zero-order valence-corrected chi connectivity index (χ0v) is 13.1. The molecule has 1 N–H and O–H groups in total. The van der Waals surface area contributed by atoms with Gasteiger partial charge in [0.1, 0.15) is 6.07 Å². The van der Waals surface area contributed by atoms with Crippen molar-refractivity contribution in [2.24, 2.45) is 0 Å². The molecular formula is C16H19BrN2O. The number of anilines is 1. The number of ether oxygens (including phenoxy) is 1. The van der Waals surface area contributed by atoms with Crippen molar-refractivity contribution >= 4 is 21.6 Å². The average Bonchev–Trinajstić information content (AvgIpc) is 3.08. The van der Waals surface area contributed by atoms with E-state index >= 15 is 0 Å². The molecule has 4 heteroatoms. The molecule has 106 valence electrons. The van der Waals surface area contributed by atoms with E-state index < -0.39 is 0 Å². The molecule has 0 bridgehead atoms.